The molecule has 0 fully saturated rings. The maximum absolute atomic E-state index is 12.9. The van der Waals surface area contributed by atoms with Crippen molar-refractivity contribution in [1.29, 1.82) is 5.26 Å². The summed E-state index contributed by atoms with van der Waals surface area (Å²) < 4.78 is 11.2. The van der Waals surface area contributed by atoms with Gasteiger partial charge < -0.3 is 19.9 Å². The third-order valence-corrected chi connectivity index (χ3v) is 6.08. The Bertz CT molecular complexity index is 1690. The standard InChI is InChI=1S/C27H17N3O3/c28-14-18-21(23-17-11-5-7-13-20(17)32-27(31)25(23)33-26(18)29)22-16-10-4-6-12-19(16)30-24(22)15-8-2-1-3-9-15/h1-13,21,30H,29H2. The Hall–Kier alpha value is -4.76. The van der Waals surface area contributed by atoms with Crippen LogP contribution in [0.4, 0.5) is 0 Å². The van der Waals surface area contributed by atoms with Crippen molar-refractivity contribution in [2.75, 3.05) is 0 Å². The number of H-pyrrole nitrogens is 1. The van der Waals surface area contributed by atoms with Gasteiger partial charge in [-0.05, 0) is 23.3 Å². The van der Waals surface area contributed by atoms with E-state index in [-0.39, 0.29) is 17.2 Å². The van der Waals surface area contributed by atoms with Crippen molar-refractivity contribution in [3.63, 3.8) is 0 Å². The van der Waals surface area contributed by atoms with Crippen molar-refractivity contribution in [1.82, 2.24) is 4.98 Å². The second-order valence-electron chi connectivity index (χ2n) is 7.88. The van der Waals surface area contributed by atoms with Crippen molar-refractivity contribution < 1.29 is 9.15 Å². The first-order valence-electron chi connectivity index (χ1n) is 10.5. The van der Waals surface area contributed by atoms with E-state index in [1.807, 2.05) is 66.7 Å². The summed E-state index contributed by atoms with van der Waals surface area (Å²) in [4.78, 5) is 16.4. The number of aromatic amines is 1. The van der Waals surface area contributed by atoms with Crippen LogP contribution in [0.3, 0.4) is 0 Å². The average molecular weight is 431 g/mol. The van der Waals surface area contributed by atoms with Gasteiger partial charge in [-0.3, -0.25) is 0 Å². The van der Waals surface area contributed by atoms with Gasteiger partial charge in [-0.15, -0.1) is 0 Å². The lowest BCUT2D eigenvalue weighted by Gasteiger charge is -2.27. The maximum atomic E-state index is 12.9. The normalized spacial score (nSPS) is 15.3. The SMILES string of the molecule is N#CC1=C(N)Oc2c(c3ccccc3oc2=O)C1c1c(-c2ccccc2)[nH]c2ccccc12. The lowest BCUT2D eigenvalue weighted by atomic mass is 9.80. The Morgan fingerprint density at radius 3 is 2.36 bits per heavy atom. The Morgan fingerprint density at radius 1 is 0.879 bits per heavy atom. The van der Waals surface area contributed by atoms with Crippen LogP contribution in [0.15, 0.2) is 99.5 Å². The van der Waals surface area contributed by atoms with Crippen LogP contribution < -0.4 is 16.1 Å². The second-order valence-corrected chi connectivity index (χ2v) is 7.88. The zero-order valence-electron chi connectivity index (χ0n) is 17.3. The summed E-state index contributed by atoms with van der Waals surface area (Å²) in [6.45, 7) is 0. The minimum atomic E-state index is -0.630. The van der Waals surface area contributed by atoms with Crippen LogP contribution in [0, 0.1) is 11.3 Å². The molecular formula is C27H17N3O3. The van der Waals surface area contributed by atoms with E-state index in [1.165, 1.54) is 0 Å². The molecule has 0 saturated carbocycles. The molecule has 2 aromatic heterocycles. The van der Waals surface area contributed by atoms with Crippen molar-refractivity contribution >= 4 is 21.9 Å². The number of allylic oxidation sites excluding steroid dienone is 1. The molecule has 0 aliphatic carbocycles. The van der Waals surface area contributed by atoms with Gasteiger partial charge in [0.2, 0.25) is 11.6 Å². The Balaban J connectivity index is 1.79. The molecule has 0 amide bonds. The van der Waals surface area contributed by atoms with Gasteiger partial charge in [0.05, 0.1) is 11.6 Å². The predicted molar refractivity (Wildman–Crippen MR) is 126 cm³/mol. The molecule has 3 N–H and O–H groups in total. The zero-order valence-corrected chi connectivity index (χ0v) is 17.3. The number of ether oxygens (including phenoxy) is 1. The minimum absolute atomic E-state index is 0.0134. The fourth-order valence-electron chi connectivity index (χ4n) is 4.70. The Kier molecular flexibility index (Phi) is 4.11. The molecule has 6 heteroatoms. The molecule has 1 aliphatic heterocycles. The molecule has 1 atom stereocenters. The smallest absolute Gasteiger partial charge is 0.380 e. The van der Waals surface area contributed by atoms with E-state index in [1.54, 1.807) is 12.1 Å². The van der Waals surface area contributed by atoms with Gasteiger partial charge in [0.1, 0.15) is 17.2 Å². The van der Waals surface area contributed by atoms with E-state index in [9.17, 15) is 10.1 Å². The molecule has 0 radical (unpaired) electrons. The zero-order chi connectivity index (χ0) is 22.5. The van der Waals surface area contributed by atoms with Crippen LogP contribution in [0.2, 0.25) is 0 Å². The van der Waals surface area contributed by atoms with E-state index >= 15 is 0 Å². The molecule has 0 saturated heterocycles. The molecule has 1 unspecified atom stereocenters. The van der Waals surface area contributed by atoms with Crippen LogP contribution in [-0.4, -0.2) is 4.98 Å². The number of fused-ring (bicyclic) bond motifs is 4. The summed E-state index contributed by atoms with van der Waals surface area (Å²) in [7, 11) is 0. The molecule has 0 spiro atoms. The van der Waals surface area contributed by atoms with Gasteiger partial charge in [0.15, 0.2) is 0 Å². The largest absolute Gasteiger partial charge is 0.432 e. The van der Waals surface area contributed by atoms with Gasteiger partial charge in [-0.1, -0.05) is 66.7 Å². The van der Waals surface area contributed by atoms with E-state index in [0.29, 0.717) is 16.5 Å². The van der Waals surface area contributed by atoms with Gasteiger partial charge in [0, 0.05) is 21.9 Å². The van der Waals surface area contributed by atoms with E-state index in [0.717, 1.165) is 27.7 Å². The number of hydrogen-bond acceptors (Lipinski definition) is 5. The monoisotopic (exact) mass is 431 g/mol. The molecule has 158 valence electrons. The van der Waals surface area contributed by atoms with Crippen molar-refractivity contribution in [3.05, 3.63) is 112 Å². The number of nitrogens with two attached hydrogens (primary N) is 1. The van der Waals surface area contributed by atoms with Gasteiger partial charge >= 0.3 is 5.63 Å². The lowest BCUT2D eigenvalue weighted by molar-refractivity contribution is 0.368. The first-order chi connectivity index (χ1) is 16.2. The number of para-hydroxylation sites is 2. The van der Waals surface area contributed by atoms with E-state index < -0.39 is 11.5 Å². The second kappa shape index (κ2) is 7.14. The molecule has 1 aliphatic rings. The number of hydrogen-bond donors (Lipinski definition) is 2. The van der Waals surface area contributed by atoms with Crippen molar-refractivity contribution in [3.8, 4) is 23.1 Å². The molecular weight excluding hydrogens is 414 g/mol. The quantitative estimate of drug-likeness (QED) is 0.376. The van der Waals surface area contributed by atoms with Crippen LogP contribution in [0.1, 0.15) is 17.0 Å². The van der Waals surface area contributed by atoms with E-state index in [4.69, 9.17) is 14.9 Å². The average Bonchev–Trinajstić information content (AvgIpc) is 3.23. The predicted octanol–water partition coefficient (Wildman–Crippen LogP) is 5.16. The molecule has 5 aromatic rings. The highest BCUT2D eigenvalue weighted by atomic mass is 16.5. The summed E-state index contributed by atoms with van der Waals surface area (Å²) in [5.74, 6) is -0.708. The van der Waals surface area contributed by atoms with Gasteiger partial charge in [0.25, 0.3) is 0 Å². The molecule has 3 aromatic carbocycles. The van der Waals surface area contributed by atoms with Gasteiger partial charge in [-0.25, -0.2) is 4.79 Å². The van der Waals surface area contributed by atoms with Gasteiger partial charge in [-0.2, -0.15) is 5.26 Å². The number of nitriles is 1. The molecule has 33 heavy (non-hydrogen) atoms. The third kappa shape index (κ3) is 2.76. The lowest BCUT2D eigenvalue weighted by Crippen LogP contribution is -2.25. The number of nitrogens with zero attached hydrogens (tertiary/aromatic N) is 1. The Labute approximate surface area is 188 Å². The molecule has 6 rings (SSSR count). The number of rotatable bonds is 2. The Morgan fingerprint density at radius 2 is 1.58 bits per heavy atom. The summed E-state index contributed by atoms with van der Waals surface area (Å²) in [5.41, 5.74) is 10.4. The van der Waals surface area contributed by atoms with Crippen LogP contribution >= 0.6 is 0 Å². The maximum Gasteiger partial charge on any atom is 0.380 e. The highest BCUT2D eigenvalue weighted by Crippen LogP contribution is 2.48. The fraction of sp³-hybridized carbons (Fsp3) is 0.0370. The highest BCUT2D eigenvalue weighted by molar-refractivity contribution is 5.95. The summed E-state index contributed by atoms with van der Waals surface area (Å²) in [5, 5.41) is 11.8. The fourth-order valence-corrected chi connectivity index (χ4v) is 4.70. The highest BCUT2D eigenvalue weighted by Gasteiger charge is 2.37. The molecule has 0 bridgehead atoms. The van der Waals surface area contributed by atoms with Crippen LogP contribution in [0.5, 0.6) is 5.75 Å². The number of nitrogens with one attached hydrogen (secondary N) is 1. The number of aromatic nitrogens is 1. The minimum Gasteiger partial charge on any atom is -0.432 e. The molecule has 3 heterocycles. The summed E-state index contributed by atoms with van der Waals surface area (Å²) in [6, 6.07) is 27.3. The van der Waals surface area contributed by atoms with Crippen LogP contribution in [-0.2, 0) is 0 Å². The topological polar surface area (TPSA) is 105 Å². The van der Waals surface area contributed by atoms with Crippen molar-refractivity contribution in [2.24, 2.45) is 5.73 Å². The summed E-state index contributed by atoms with van der Waals surface area (Å²) in [6.07, 6.45) is 0. The van der Waals surface area contributed by atoms with E-state index in [2.05, 4.69) is 11.1 Å². The summed E-state index contributed by atoms with van der Waals surface area (Å²) >= 11 is 0. The van der Waals surface area contributed by atoms with Crippen LogP contribution in [0.25, 0.3) is 33.1 Å². The number of benzene rings is 3. The third-order valence-electron chi connectivity index (χ3n) is 6.08. The molecule has 6 nitrogen and oxygen atoms in total. The first-order valence-corrected chi connectivity index (χ1v) is 10.5. The van der Waals surface area contributed by atoms with Crippen molar-refractivity contribution in [2.45, 2.75) is 5.92 Å². The first kappa shape index (κ1) is 19.0.